The normalized spacial score (nSPS) is 28.0. The SMILES string of the molecule is Cc1ccc(CC2CC(C)CCC2C(=O)O)cc1. The van der Waals surface area contributed by atoms with Crippen LogP contribution in [0.5, 0.6) is 0 Å². The largest absolute Gasteiger partial charge is 0.481 e. The van der Waals surface area contributed by atoms with Crippen LogP contribution in [0.15, 0.2) is 24.3 Å². The zero-order valence-electron chi connectivity index (χ0n) is 11.2. The molecule has 1 aliphatic carbocycles. The Bertz CT molecular complexity index is 408. The van der Waals surface area contributed by atoms with Crippen LogP contribution in [-0.2, 0) is 11.2 Å². The Hall–Kier alpha value is -1.31. The Morgan fingerprint density at radius 1 is 1.28 bits per heavy atom. The second kappa shape index (κ2) is 5.55. The molecule has 1 fully saturated rings. The number of carboxylic acids is 1. The van der Waals surface area contributed by atoms with Gasteiger partial charge in [0.05, 0.1) is 5.92 Å². The molecule has 0 radical (unpaired) electrons. The molecule has 0 saturated heterocycles. The minimum atomic E-state index is -0.612. The number of benzene rings is 1. The third kappa shape index (κ3) is 3.12. The number of rotatable bonds is 3. The minimum Gasteiger partial charge on any atom is -0.481 e. The van der Waals surface area contributed by atoms with Gasteiger partial charge in [-0.1, -0.05) is 36.8 Å². The van der Waals surface area contributed by atoms with Crippen molar-refractivity contribution in [3.05, 3.63) is 35.4 Å². The highest BCUT2D eigenvalue weighted by Gasteiger charge is 2.33. The van der Waals surface area contributed by atoms with E-state index in [1.54, 1.807) is 0 Å². The van der Waals surface area contributed by atoms with Crippen molar-refractivity contribution in [1.29, 1.82) is 0 Å². The van der Waals surface area contributed by atoms with Gasteiger partial charge in [-0.2, -0.15) is 0 Å². The molecule has 2 heteroatoms. The van der Waals surface area contributed by atoms with E-state index >= 15 is 0 Å². The van der Waals surface area contributed by atoms with E-state index in [1.165, 1.54) is 11.1 Å². The third-order valence-electron chi connectivity index (χ3n) is 4.18. The van der Waals surface area contributed by atoms with Crippen LogP contribution in [0.3, 0.4) is 0 Å². The predicted octanol–water partition coefficient (Wildman–Crippen LogP) is 3.67. The molecule has 18 heavy (non-hydrogen) atoms. The van der Waals surface area contributed by atoms with Crippen LogP contribution >= 0.6 is 0 Å². The van der Waals surface area contributed by atoms with Crippen molar-refractivity contribution < 1.29 is 9.90 Å². The number of hydrogen-bond acceptors (Lipinski definition) is 1. The molecule has 3 unspecified atom stereocenters. The van der Waals surface area contributed by atoms with E-state index in [9.17, 15) is 9.90 Å². The fourth-order valence-corrected chi connectivity index (χ4v) is 3.08. The van der Waals surface area contributed by atoms with E-state index in [4.69, 9.17) is 0 Å². The monoisotopic (exact) mass is 246 g/mol. The van der Waals surface area contributed by atoms with Gasteiger partial charge in [-0.15, -0.1) is 0 Å². The van der Waals surface area contributed by atoms with Gasteiger partial charge < -0.3 is 5.11 Å². The van der Waals surface area contributed by atoms with E-state index in [2.05, 4.69) is 38.1 Å². The van der Waals surface area contributed by atoms with Crippen molar-refractivity contribution in [1.82, 2.24) is 0 Å². The molecule has 1 saturated carbocycles. The van der Waals surface area contributed by atoms with Gasteiger partial charge in [-0.3, -0.25) is 4.79 Å². The molecule has 1 aliphatic rings. The molecule has 0 bridgehead atoms. The van der Waals surface area contributed by atoms with E-state index in [-0.39, 0.29) is 5.92 Å². The molecule has 2 nitrogen and oxygen atoms in total. The van der Waals surface area contributed by atoms with Crippen LogP contribution in [-0.4, -0.2) is 11.1 Å². The van der Waals surface area contributed by atoms with Gasteiger partial charge in [0.1, 0.15) is 0 Å². The average molecular weight is 246 g/mol. The molecule has 1 aromatic carbocycles. The maximum absolute atomic E-state index is 11.3. The Morgan fingerprint density at radius 3 is 2.56 bits per heavy atom. The highest BCUT2D eigenvalue weighted by Crippen LogP contribution is 2.36. The highest BCUT2D eigenvalue weighted by atomic mass is 16.4. The Balaban J connectivity index is 2.08. The minimum absolute atomic E-state index is 0.150. The Labute approximate surface area is 109 Å². The van der Waals surface area contributed by atoms with Gasteiger partial charge in [-0.05, 0) is 50.0 Å². The first-order valence-corrected chi connectivity index (χ1v) is 6.84. The summed E-state index contributed by atoms with van der Waals surface area (Å²) < 4.78 is 0. The smallest absolute Gasteiger partial charge is 0.306 e. The van der Waals surface area contributed by atoms with Crippen molar-refractivity contribution in [2.24, 2.45) is 17.8 Å². The fourth-order valence-electron chi connectivity index (χ4n) is 3.08. The summed E-state index contributed by atoms with van der Waals surface area (Å²) in [6.07, 6.45) is 3.85. The van der Waals surface area contributed by atoms with E-state index in [1.807, 2.05) is 0 Å². The van der Waals surface area contributed by atoms with Crippen molar-refractivity contribution >= 4 is 5.97 Å². The standard InChI is InChI=1S/C16H22O2/c1-11-3-6-13(7-4-11)10-14-9-12(2)5-8-15(14)16(17)18/h3-4,6-7,12,14-15H,5,8-10H2,1-2H3,(H,17,18). The van der Waals surface area contributed by atoms with Crippen LogP contribution in [0.25, 0.3) is 0 Å². The van der Waals surface area contributed by atoms with Crippen LogP contribution in [0, 0.1) is 24.7 Å². The summed E-state index contributed by atoms with van der Waals surface area (Å²) in [7, 11) is 0. The zero-order valence-corrected chi connectivity index (χ0v) is 11.2. The van der Waals surface area contributed by atoms with Crippen LogP contribution < -0.4 is 0 Å². The van der Waals surface area contributed by atoms with Gasteiger partial charge in [0.15, 0.2) is 0 Å². The maximum atomic E-state index is 11.3. The fraction of sp³-hybridized carbons (Fsp3) is 0.562. The molecule has 3 atom stereocenters. The summed E-state index contributed by atoms with van der Waals surface area (Å²) >= 11 is 0. The van der Waals surface area contributed by atoms with Crippen molar-refractivity contribution in [3.8, 4) is 0 Å². The lowest BCUT2D eigenvalue weighted by molar-refractivity contribution is -0.145. The lowest BCUT2D eigenvalue weighted by atomic mass is 9.72. The summed E-state index contributed by atoms with van der Waals surface area (Å²) in [5.41, 5.74) is 2.52. The van der Waals surface area contributed by atoms with Gasteiger partial charge >= 0.3 is 5.97 Å². The summed E-state index contributed by atoms with van der Waals surface area (Å²) in [6, 6.07) is 8.48. The molecule has 0 heterocycles. The second-order valence-electron chi connectivity index (χ2n) is 5.81. The first kappa shape index (κ1) is 13.1. The first-order valence-electron chi connectivity index (χ1n) is 6.84. The third-order valence-corrected chi connectivity index (χ3v) is 4.18. The molecule has 0 aliphatic heterocycles. The quantitative estimate of drug-likeness (QED) is 0.883. The summed E-state index contributed by atoms with van der Waals surface area (Å²) in [5, 5.41) is 9.32. The molecule has 98 valence electrons. The summed E-state index contributed by atoms with van der Waals surface area (Å²) in [4.78, 5) is 11.3. The summed E-state index contributed by atoms with van der Waals surface area (Å²) in [5.74, 6) is 0.200. The van der Waals surface area contributed by atoms with Gasteiger partial charge in [0.25, 0.3) is 0 Å². The van der Waals surface area contributed by atoms with Crippen molar-refractivity contribution in [2.45, 2.75) is 39.5 Å². The molecule has 1 N–H and O–H groups in total. The zero-order chi connectivity index (χ0) is 13.1. The van der Waals surface area contributed by atoms with E-state index < -0.39 is 5.97 Å². The lowest BCUT2D eigenvalue weighted by Gasteiger charge is -2.32. The molecule has 0 spiro atoms. The molecule has 2 rings (SSSR count). The van der Waals surface area contributed by atoms with Crippen LogP contribution in [0.1, 0.15) is 37.3 Å². The molecular weight excluding hydrogens is 224 g/mol. The topological polar surface area (TPSA) is 37.3 Å². The molecular formula is C16H22O2. The van der Waals surface area contributed by atoms with Crippen LogP contribution in [0.2, 0.25) is 0 Å². The number of carbonyl (C=O) groups is 1. The number of hydrogen-bond donors (Lipinski definition) is 1. The lowest BCUT2D eigenvalue weighted by Crippen LogP contribution is -2.31. The Morgan fingerprint density at radius 2 is 1.94 bits per heavy atom. The summed E-state index contributed by atoms with van der Waals surface area (Å²) in [6.45, 7) is 4.31. The Kier molecular flexibility index (Phi) is 4.05. The maximum Gasteiger partial charge on any atom is 0.306 e. The highest BCUT2D eigenvalue weighted by molar-refractivity contribution is 5.70. The number of aryl methyl sites for hydroxylation is 1. The first-order chi connectivity index (χ1) is 8.56. The van der Waals surface area contributed by atoms with Crippen molar-refractivity contribution in [2.75, 3.05) is 0 Å². The van der Waals surface area contributed by atoms with Gasteiger partial charge in [0.2, 0.25) is 0 Å². The van der Waals surface area contributed by atoms with Crippen LogP contribution in [0.4, 0.5) is 0 Å². The van der Waals surface area contributed by atoms with E-state index in [0.717, 1.165) is 25.7 Å². The van der Waals surface area contributed by atoms with Crippen molar-refractivity contribution in [3.63, 3.8) is 0 Å². The molecule has 1 aromatic rings. The molecule has 0 amide bonds. The van der Waals surface area contributed by atoms with Gasteiger partial charge in [0, 0.05) is 0 Å². The van der Waals surface area contributed by atoms with Gasteiger partial charge in [-0.25, -0.2) is 0 Å². The average Bonchev–Trinajstić information content (AvgIpc) is 2.32. The second-order valence-corrected chi connectivity index (χ2v) is 5.81. The number of aliphatic carboxylic acids is 1. The van der Waals surface area contributed by atoms with E-state index in [0.29, 0.717) is 11.8 Å². The number of carboxylic acid groups (broad SMARTS) is 1. The molecule has 0 aromatic heterocycles. The predicted molar refractivity (Wildman–Crippen MR) is 72.5 cm³/mol.